The topological polar surface area (TPSA) is 26.3 Å². The number of para-hydroxylation sites is 2. The SMILES string of the molecule is C1=c2ccccc2=Cc2oc3ccc(-c4c5ccccc5c(-c5cccc6c5oc5ccccc56)c5ccccc45)cc3c2C1. The van der Waals surface area contributed by atoms with Gasteiger partial charge in [-0.05, 0) is 73.8 Å². The third-order valence-electron chi connectivity index (χ3n) is 9.52. The van der Waals surface area contributed by atoms with Crippen LogP contribution in [-0.4, -0.2) is 0 Å². The minimum atomic E-state index is 0.835. The van der Waals surface area contributed by atoms with Gasteiger partial charge in [0.15, 0.2) is 0 Å². The van der Waals surface area contributed by atoms with Crippen molar-refractivity contribution in [2.45, 2.75) is 6.42 Å². The van der Waals surface area contributed by atoms with E-state index in [1.165, 1.54) is 59.6 Å². The van der Waals surface area contributed by atoms with Gasteiger partial charge in [-0.1, -0.05) is 121 Å². The van der Waals surface area contributed by atoms with Crippen molar-refractivity contribution in [1.29, 1.82) is 0 Å². The molecule has 2 heteroatoms. The van der Waals surface area contributed by atoms with Gasteiger partial charge < -0.3 is 8.83 Å². The summed E-state index contributed by atoms with van der Waals surface area (Å²) in [6, 6.07) is 47.7. The highest BCUT2D eigenvalue weighted by Crippen LogP contribution is 2.47. The van der Waals surface area contributed by atoms with E-state index in [-0.39, 0.29) is 0 Å². The van der Waals surface area contributed by atoms with Gasteiger partial charge in [0.1, 0.15) is 22.5 Å². The van der Waals surface area contributed by atoms with Crippen molar-refractivity contribution in [3.05, 3.63) is 155 Å². The second-order valence-electron chi connectivity index (χ2n) is 12.0. The van der Waals surface area contributed by atoms with Crippen molar-refractivity contribution in [2.75, 3.05) is 0 Å². The van der Waals surface area contributed by atoms with E-state index in [1.807, 2.05) is 6.07 Å². The molecular formula is C43H26O2. The standard InChI is InChI=1S/C43H26O2/c1-2-11-27-25-40-30(22-20-26(27)10-1)37-24-28(21-23-39(37)44-40)41-31-13-3-5-15-33(31)42(34-16-6-4-14-32(34)41)36-18-9-17-35-29-12-7-8-19-38(29)45-43(35)36/h1-21,23-25H,22H2. The van der Waals surface area contributed by atoms with Gasteiger partial charge >= 0.3 is 0 Å². The Morgan fingerprint density at radius 3 is 1.84 bits per heavy atom. The summed E-state index contributed by atoms with van der Waals surface area (Å²) in [6.07, 6.45) is 5.34. The molecule has 10 rings (SSSR count). The van der Waals surface area contributed by atoms with Crippen LogP contribution in [0.2, 0.25) is 0 Å². The lowest BCUT2D eigenvalue weighted by atomic mass is 9.85. The third kappa shape index (κ3) is 3.57. The van der Waals surface area contributed by atoms with E-state index in [4.69, 9.17) is 8.83 Å². The van der Waals surface area contributed by atoms with Gasteiger partial charge in [-0.2, -0.15) is 0 Å². The second-order valence-corrected chi connectivity index (χ2v) is 12.0. The van der Waals surface area contributed by atoms with Crippen LogP contribution >= 0.6 is 0 Å². The number of fused-ring (bicyclic) bond motifs is 9. The van der Waals surface area contributed by atoms with E-state index in [1.54, 1.807) is 0 Å². The zero-order chi connectivity index (χ0) is 29.5. The molecule has 0 saturated heterocycles. The second kappa shape index (κ2) is 9.32. The van der Waals surface area contributed by atoms with E-state index >= 15 is 0 Å². The summed E-state index contributed by atoms with van der Waals surface area (Å²) in [5.41, 5.74) is 8.75. The zero-order valence-corrected chi connectivity index (χ0v) is 24.4. The van der Waals surface area contributed by atoms with Gasteiger partial charge in [0, 0.05) is 32.8 Å². The van der Waals surface area contributed by atoms with Crippen LogP contribution in [-0.2, 0) is 6.42 Å². The summed E-state index contributed by atoms with van der Waals surface area (Å²) < 4.78 is 13.0. The molecule has 2 aromatic heterocycles. The number of furan rings is 2. The Bertz CT molecular complexity index is 2730. The number of hydrogen-bond acceptors (Lipinski definition) is 2. The van der Waals surface area contributed by atoms with Gasteiger partial charge in [-0.25, -0.2) is 0 Å². The Hall–Kier alpha value is -5.86. The maximum absolute atomic E-state index is 6.56. The molecule has 0 spiro atoms. The van der Waals surface area contributed by atoms with E-state index in [2.05, 4.69) is 140 Å². The van der Waals surface area contributed by atoms with E-state index in [0.29, 0.717) is 0 Å². The Morgan fingerprint density at radius 2 is 1.07 bits per heavy atom. The largest absolute Gasteiger partial charge is 0.456 e. The Balaban J connectivity index is 1.27. The monoisotopic (exact) mass is 574 g/mol. The molecule has 0 N–H and O–H groups in total. The average molecular weight is 575 g/mol. The number of rotatable bonds is 2. The molecule has 0 aliphatic heterocycles. The molecule has 0 fully saturated rings. The first-order valence-electron chi connectivity index (χ1n) is 15.5. The molecule has 0 amide bonds. The molecule has 0 saturated carbocycles. The number of benzene rings is 7. The van der Waals surface area contributed by atoms with Crippen LogP contribution in [0.4, 0.5) is 0 Å². The molecule has 0 radical (unpaired) electrons. The summed E-state index contributed by atoms with van der Waals surface area (Å²) in [5, 5.41) is 10.8. The van der Waals surface area contributed by atoms with Crippen LogP contribution in [0.3, 0.4) is 0 Å². The van der Waals surface area contributed by atoms with Crippen molar-refractivity contribution < 1.29 is 8.83 Å². The minimum Gasteiger partial charge on any atom is -0.456 e. The Morgan fingerprint density at radius 1 is 0.444 bits per heavy atom. The molecule has 1 aliphatic carbocycles. The lowest BCUT2D eigenvalue weighted by molar-refractivity contribution is 0.600. The summed E-state index contributed by atoms with van der Waals surface area (Å²) in [6.45, 7) is 0. The fraction of sp³-hybridized carbons (Fsp3) is 0.0233. The molecule has 0 atom stereocenters. The first-order valence-corrected chi connectivity index (χ1v) is 15.5. The first kappa shape index (κ1) is 24.6. The van der Waals surface area contributed by atoms with E-state index in [9.17, 15) is 0 Å². The van der Waals surface area contributed by atoms with Crippen LogP contribution in [0, 0.1) is 0 Å². The molecule has 9 aromatic rings. The predicted molar refractivity (Wildman–Crippen MR) is 187 cm³/mol. The normalized spacial score (nSPS) is 12.7. The van der Waals surface area contributed by atoms with E-state index < -0.39 is 0 Å². The molecule has 210 valence electrons. The first-order chi connectivity index (χ1) is 22.3. The van der Waals surface area contributed by atoms with Crippen LogP contribution in [0.1, 0.15) is 11.3 Å². The van der Waals surface area contributed by atoms with Crippen LogP contribution in [0.25, 0.3) is 88.9 Å². The maximum Gasteiger partial charge on any atom is 0.143 e. The van der Waals surface area contributed by atoms with Crippen molar-refractivity contribution in [3.63, 3.8) is 0 Å². The number of hydrogen-bond donors (Lipinski definition) is 0. The van der Waals surface area contributed by atoms with Gasteiger partial charge in [-0.15, -0.1) is 0 Å². The zero-order valence-electron chi connectivity index (χ0n) is 24.4. The van der Waals surface area contributed by atoms with Crippen LogP contribution < -0.4 is 10.4 Å². The van der Waals surface area contributed by atoms with Gasteiger partial charge in [0.25, 0.3) is 0 Å². The molecule has 45 heavy (non-hydrogen) atoms. The summed E-state index contributed by atoms with van der Waals surface area (Å²) in [4.78, 5) is 0. The average Bonchev–Trinajstić information content (AvgIpc) is 3.58. The summed E-state index contributed by atoms with van der Waals surface area (Å²) in [5.74, 6) is 0.951. The fourth-order valence-electron chi connectivity index (χ4n) is 7.51. The van der Waals surface area contributed by atoms with Crippen molar-refractivity contribution in [1.82, 2.24) is 0 Å². The molecule has 2 nitrogen and oxygen atoms in total. The van der Waals surface area contributed by atoms with Crippen LogP contribution in [0.5, 0.6) is 0 Å². The van der Waals surface area contributed by atoms with Gasteiger partial charge in [-0.3, -0.25) is 0 Å². The lowest BCUT2D eigenvalue weighted by Gasteiger charge is -2.18. The molecule has 1 aliphatic rings. The Labute approximate surface area is 258 Å². The predicted octanol–water partition coefficient (Wildman–Crippen LogP) is 10.1. The molecule has 0 bridgehead atoms. The highest BCUT2D eigenvalue weighted by Gasteiger charge is 2.21. The molecule has 2 heterocycles. The van der Waals surface area contributed by atoms with Crippen molar-refractivity contribution in [2.24, 2.45) is 0 Å². The Kier molecular flexibility index (Phi) is 5.09. The summed E-state index contributed by atoms with van der Waals surface area (Å²) in [7, 11) is 0. The van der Waals surface area contributed by atoms with Gasteiger partial charge in [0.2, 0.25) is 0 Å². The van der Waals surface area contributed by atoms with Gasteiger partial charge in [0.05, 0.1) is 0 Å². The smallest absolute Gasteiger partial charge is 0.143 e. The van der Waals surface area contributed by atoms with Crippen molar-refractivity contribution >= 4 is 66.6 Å². The molecule has 7 aromatic carbocycles. The highest BCUT2D eigenvalue weighted by molar-refractivity contribution is 6.24. The molecule has 0 unspecified atom stereocenters. The molecular weight excluding hydrogens is 548 g/mol. The quantitative estimate of drug-likeness (QED) is 0.192. The summed E-state index contributed by atoms with van der Waals surface area (Å²) >= 11 is 0. The van der Waals surface area contributed by atoms with E-state index in [0.717, 1.165) is 45.3 Å². The minimum absolute atomic E-state index is 0.835. The highest BCUT2D eigenvalue weighted by atomic mass is 16.3. The third-order valence-corrected chi connectivity index (χ3v) is 9.52. The van der Waals surface area contributed by atoms with Crippen molar-refractivity contribution in [3.8, 4) is 22.3 Å². The lowest BCUT2D eigenvalue weighted by Crippen LogP contribution is -2.22. The van der Waals surface area contributed by atoms with Crippen LogP contribution in [0.15, 0.2) is 142 Å². The maximum atomic E-state index is 6.56. The fourth-order valence-corrected chi connectivity index (χ4v) is 7.51.